The number of nitrogens with two attached hydrogens (primary N) is 1. The van der Waals surface area contributed by atoms with E-state index in [0.717, 1.165) is 31.6 Å². The van der Waals surface area contributed by atoms with Crippen LogP contribution in [0.5, 0.6) is 0 Å². The van der Waals surface area contributed by atoms with Gasteiger partial charge in [0.05, 0.1) is 0 Å². The zero-order valence-corrected chi connectivity index (χ0v) is 12.9. The number of nitrogens with zero attached hydrogens (tertiary/aromatic N) is 2. The molecule has 0 aliphatic heterocycles. The quantitative estimate of drug-likeness (QED) is 0.789. The highest BCUT2D eigenvalue weighted by molar-refractivity contribution is 5.77. The zero-order chi connectivity index (χ0) is 15.0. The van der Waals surface area contributed by atoms with E-state index in [0.29, 0.717) is 6.42 Å². The maximum atomic E-state index is 12.4. The summed E-state index contributed by atoms with van der Waals surface area (Å²) in [5, 5.41) is 0. The Hall–Kier alpha value is -1.39. The standard InChI is InChI=1S/C16H27N3O/c1-4-10-19(12-11-18(2)3)16(20)13-15(17)14-8-6-5-7-9-14/h5-9,15H,4,10-13,17H2,1-3H3. The van der Waals surface area contributed by atoms with Crippen molar-refractivity contribution in [2.24, 2.45) is 5.73 Å². The van der Waals surface area contributed by atoms with Crippen LogP contribution in [0.2, 0.25) is 0 Å². The molecule has 1 unspecified atom stereocenters. The minimum Gasteiger partial charge on any atom is -0.341 e. The molecule has 0 bridgehead atoms. The number of likely N-dealkylation sites (N-methyl/N-ethyl adjacent to an activating group) is 1. The van der Waals surface area contributed by atoms with Crippen molar-refractivity contribution in [2.75, 3.05) is 33.7 Å². The van der Waals surface area contributed by atoms with Crippen molar-refractivity contribution in [3.05, 3.63) is 35.9 Å². The van der Waals surface area contributed by atoms with E-state index < -0.39 is 0 Å². The van der Waals surface area contributed by atoms with Gasteiger partial charge in [-0.3, -0.25) is 4.79 Å². The van der Waals surface area contributed by atoms with Gasteiger partial charge >= 0.3 is 0 Å². The van der Waals surface area contributed by atoms with Crippen LogP contribution in [0.25, 0.3) is 0 Å². The van der Waals surface area contributed by atoms with Gasteiger partial charge in [-0.1, -0.05) is 37.3 Å². The highest BCUT2D eigenvalue weighted by atomic mass is 16.2. The first kappa shape index (κ1) is 16.7. The normalized spacial score (nSPS) is 12.4. The summed E-state index contributed by atoms with van der Waals surface area (Å²) in [5.41, 5.74) is 7.15. The van der Waals surface area contributed by atoms with E-state index >= 15 is 0 Å². The topological polar surface area (TPSA) is 49.6 Å². The molecule has 20 heavy (non-hydrogen) atoms. The fraction of sp³-hybridized carbons (Fsp3) is 0.562. The molecule has 2 N–H and O–H groups in total. The van der Waals surface area contributed by atoms with E-state index in [9.17, 15) is 4.79 Å². The van der Waals surface area contributed by atoms with Crippen molar-refractivity contribution in [3.63, 3.8) is 0 Å². The molecule has 1 aromatic rings. The molecule has 1 rings (SSSR count). The van der Waals surface area contributed by atoms with E-state index in [2.05, 4.69) is 11.8 Å². The first-order valence-corrected chi connectivity index (χ1v) is 7.27. The van der Waals surface area contributed by atoms with Crippen LogP contribution in [0, 0.1) is 0 Å². The Labute approximate surface area is 122 Å². The van der Waals surface area contributed by atoms with Crippen molar-refractivity contribution in [3.8, 4) is 0 Å². The lowest BCUT2D eigenvalue weighted by atomic mass is 10.0. The zero-order valence-electron chi connectivity index (χ0n) is 12.9. The first-order valence-electron chi connectivity index (χ1n) is 7.27. The summed E-state index contributed by atoms with van der Waals surface area (Å²) in [4.78, 5) is 16.4. The second kappa shape index (κ2) is 8.72. The third-order valence-corrected chi connectivity index (χ3v) is 3.29. The predicted molar refractivity (Wildman–Crippen MR) is 83.4 cm³/mol. The van der Waals surface area contributed by atoms with Gasteiger partial charge in [0.1, 0.15) is 0 Å². The number of benzene rings is 1. The number of hydrogen-bond acceptors (Lipinski definition) is 3. The Morgan fingerprint density at radius 2 is 1.80 bits per heavy atom. The fourth-order valence-corrected chi connectivity index (χ4v) is 2.09. The molecule has 1 amide bonds. The van der Waals surface area contributed by atoms with Crippen LogP contribution in [0.4, 0.5) is 0 Å². The van der Waals surface area contributed by atoms with Gasteiger partial charge in [-0.15, -0.1) is 0 Å². The largest absolute Gasteiger partial charge is 0.341 e. The van der Waals surface area contributed by atoms with Crippen LogP contribution in [-0.4, -0.2) is 49.4 Å². The molecule has 4 heteroatoms. The van der Waals surface area contributed by atoms with E-state index in [1.54, 1.807) is 0 Å². The summed E-state index contributed by atoms with van der Waals surface area (Å²) >= 11 is 0. The average Bonchev–Trinajstić information content (AvgIpc) is 2.44. The Morgan fingerprint density at radius 1 is 1.15 bits per heavy atom. The van der Waals surface area contributed by atoms with Gasteiger partial charge < -0.3 is 15.5 Å². The minimum atomic E-state index is -0.220. The van der Waals surface area contributed by atoms with Crippen molar-refractivity contribution in [1.82, 2.24) is 9.80 Å². The Bertz CT molecular complexity index is 392. The maximum Gasteiger partial charge on any atom is 0.224 e. The van der Waals surface area contributed by atoms with Crippen molar-refractivity contribution < 1.29 is 4.79 Å². The Balaban J connectivity index is 2.56. The highest BCUT2D eigenvalue weighted by Gasteiger charge is 2.17. The monoisotopic (exact) mass is 277 g/mol. The number of hydrogen-bond donors (Lipinski definition) is 1. The second-order valence-electron chi connectivity index (χ2n) is 5.41. The second-order valence-corrected chi connectivity index (χ2v) is 5.41. The number of carbonyl (C=O) groups excluding carboxylic acids is 1. The summed E-state index contributed by atoms with van der Waals surface area (Å²) in [6.07, 6.45) is 1.34. The summed E-state index contributed by atoms with van der Waals surface area (Å²) in [6.45, 7) is 4.54. The third kappa shape index (κ3) is 5.72. The number of carbonyl (C=O) groups is 1. The van der Waals surface area contributed by atoms with E-state index in [1.807, 2.05) is 49.3 Å². The summed E-state index contributed by atoms with van der Waals surface area (Å²) in [5.74, 6) is 0.144. The third-order valence-electron chi connectivity index (χ3n) is 3.29. The Morgan fingerprint density at radius 3 is 2.35 bits per heavy atom. The highest BCUT2D eigenvalue weighted by Crippen LogP contribution is 2.14. The average molecular weight is 277 g/mol. The molecule has 0 aliphatic rings. The molecule has 0 saturated carbocycles. The smallest absolute Gasteiger partial charge is 0.224 e. The molecule has 0 aromatic heterocycles. The van der Waals surface area contributed by atoms with E-state index in [-0.39, 0.29) is 11.9 Å². The lowest BCUT2D eigenvalue weighted by Gasteiger charge is -2.25. The molecule has 0 saturated heterocycles. The SMILES string of the molecule is CCCN(CCN(C)C)C(=O)CC(N)c1ccccc1. The first-order chi connectivity index (χ1) is 9.54. The molecule has 0 spiro atoms. The molecule has 0 aliphatic carbocycles. The lowest BCUT2D eigenvalue weighted by Crippen LogP contribution is -2.38. The van der Waals surface area contributed by atoms with Crippen LogP contribution in [0.3, 0.4) is 0 Å². The van der Waals surface area contributed by atoms with Gasteiger partial charge in [0.25, 0.3) is 0 Å². The summed E-state index contributed by atoms with van der Waals surface area (Å²) in [6, 6.07) is 9.59. The van der Waals surface area contributed by atoms with Crippen molar-refractivity contribution >= 4 is 5.91 Å². The Kier molecular flexibility index (Phi) is 7.26. The van der Waals surface area contributed by atoms with Gasteiger partial charge in [0.15, 0.2) is 0 Å². The van der Waals surface area contributed by atoms with Crippen LogP contribution in [0.15, 0.2) is 30.3 Å². The molecular formula is C16H27N3O. The molecule has 0 radical (unpaired) electrons. The van der Waals surface area contributed by atoms with E-state index in [1.165, 1.54) is 0 Å². The van der Waals surface area contributed by atoms with Crippen LogP contribution >= 0.6 is 0 Å². The molecule has 112 valence electrons. The molecule has 0 fully saturated rings. The summed E-state index contributed by atoms with van der Waals surface area (Å²) in [7, 11) is 4.04. The number of amides is 1. The van der Waals surface area contributed by atoms with Gasteiger partial charge in [0, 0.05) is 32.1 Å². The van der Waals surface area contributed by atoms with Gasteiger partial charge in [0.2, 0.25) is 5.91 Å². The molecule has 0 heterocycles. The van der Waals surface area contributed by atoms with Crippen LogP contribution < -0.4 is 5.73 Å². The van der Waals surface area contributed by atoms with E-state index in [4.69, 9.17) is 5.73 Å². The summed E-state index contributed by atoms with van der Waals surface area (Å²) < 4.78 is 0. The van der Waals surface area contributed by atoms with Crippen molar-refractivity contribution in [2.45, 2.75) is 25.8 Å². The van der Waals surface area contributed by atoms with Gasteiger partial charge in [-0.2, -0.15) is 0 Å². The van der Waals surface area contributed by atoms with Gasteiger partial charge in [-0.25, -0.2) is 0 Å². The molecular weight excluding hydrogens is 250 g/mol. The molecule has 4 nitrogen and oxygen atoms in total. The predicted octanol–water partition coefficient (Wildman–Crippen LogP) is 1.88. The van der Waals surface area contributed by atoms with Crippen molar-refractivity contribution in [1.29, 1.82) is 0 Å². The molecule has 1 aromatic carbocycles. The minimum absolute atomic E-state index is 0.144. The molecule has 1 atom stereocenters. The number of rotatable bonds is 8. The van der Waals surface area contributed by atoms with Gasteiger partial charge in [-0.05, 0) is 26.1 Å². The van der Waals surface area contributed by atoms with Crippen LogP contribution in [-0.2, 0) is 4.79 Å². The van der Waals surface area contributed by atoms with Crippen LogP contribution in [0.1, 0.15) is 31.4 Å². The maximum absolute atomic E-state index is 12.4. The lowest BCUT2D eigenvalue weighted by molar-refractivity contribution is -0.131. The fourth-order valence-electron chi connectivity index (χ4n) is 2.09.